The Kier molecular flexibility index (Phi) is 5.98. The minimum absolute atomic E-state index is 0.191. The summed E-state index contributed by atoms with van der Waals surface area (Å²) in [6, 6.07) is 17.5. The molecule has 0 spiro atoms. The molecular formula is C25H19ClFN3O3. The van der Waals surface area contributed by atoms with Crippen molar-refractivity contribution in [2.75, 3.05) is 15.5 Å². The highest BCUT2D eigenvalue weighted by Crippen LogP contribution is 2.31. The number of rotatable bonds is 5. The van der Waals surface area contributed by atoms with Crippen LogP contribution in [0, 0.1) is 19.7 Å². The summed E-state index contributed by atoms with van der Waals surface area (Å²) in [4.78, 5) is 38.8. The first-order chi connectivity index (χ1) is 15.8. The number of nitrogens with one attached hydrogen (secondary N) is 2. The average molecular weight is 464 g/mol. The predicted octanol–water partition coefficient (Wildman–Crippen LogP) is 5.13. The zero-order chi connectivity index (χ0) is 23.7. The van der Waals surface area contributed by atoms with Gasteiger partial charge in [-0.1, -0.05) is 47.5 Å². The van der Waals surface area contributed by atoms with E-state index < -0.39 is 17.6 Å². The summed E-state index contributed by atoms with van der Waals surface area (Å²) < 4.78 is 14.2. The van der Waals surface area contributed by atoms with Crippen molar-refractivity contribution in [2.24, 2.45) is 0 Å². The number of imide groups is 1. The van der Waals surface area contributed by atoms with Crippen LogP contribution in [0.1, 0.15) is 21.5 Å². The van der Waals surface area contributed by atoms with Crippen molar-refractivity contribution in [2.45, 2.75) is 13.8 Å². The molecule has 0 unspecified atom stereocenters. The molecule has 8 heteroatoms. The van der Waals surface area contributed by atoms with Gasteiger partial charge in [0.05, 0.1) is 5.69 Å². The highest BCUT2D eigenvalue weighted by Gasteiger charge is 2.40. The molecule has 4 rings (SSSR count). The minimum atomic E-state index is -0.835. The molecule has 0 bridgehead atoms. The van der Waals surface area contributed by atoms with Crippen LogP contribution in [-0.4, -0.2) is 17.7 Å². The van der Waals surface area contributed by atoms with E-state index in [1.165, 1.54) is 24.3 Å². The Morgan fingerprint density at radius 3 is 2.42 bits per heavy atom. The lowest BCUT2D eigenvalue weighted by Crippen LogP contribution is -2.33. The highest BCUT2D eigenvalue weighted by atomic mass is 35.5. The molecule has 1 aliphatic rings. The fourth-order valence-electron chi connectivity index (χ4n) is 3.49. The number of carbonyl (C=O) groups is 3. The molecule has 0 radical (unpaired) electrons. The second-order valence-electron chi connectivity index (χ2n) is 7.56. The van der Waals surface area contributed by atoms with Crippen LogP contribution in [-0.2, 0) is 9.59 Å². The van der Waals surface area contributed by atoms with Gasteiger partial charge in [-0.15, -0.1) is 0 Å². The minimum Gasteiger partial charge on any atom is -0.350 e. The van der Waals surface area contributed by atoms with Crippen LogP contribution in [0.2, 0.25) is 0 Å². The van der Waals surface area contributed by atoms with Gasteiger partial charge in [-0.05, 0) is 55.8 Å². The number of para-hydroxylation sites is 1. The molecule has 6 nitrogen and oxygen atoms in total. The third kappa shape index (κ3) is 4.36. The van der Waals surface area contributed by atoms with Crippen LogP contribution in [0.25, 0.3) is 0 Å². The molecule has 3 aromatic carbocycles. The normalized spacial score (nSPS) is 13.5. The first-order valence-electron chi connectivity index (χ1n) is 10.0. The van der Waals surface area contributed by atoms with Crippen LogP contribution < -0.4 is 15.5 Å². The fourth-order valence-corrected chi connectivity index (χ4v) is 3.71. The smallest absolute Gasteiger partial charge is 0.283 e. The van der Waals surface area contributed by atoms with E-state index in [-0.39, 0.29) is 22.3 Å². The summed E-state index contributed by atoms with van der Waals surface area (Å²) in [5, 5.41) is 5.29. The summed E-state index contributed by atoms with van der Waals surface area (Å²) in [5.41, 5.74) is 3.01. The molecule has 166 valence electrons. The second kappa shape index (κ2) is 8.88. The van der Waals surface area contributed by atoms with Gasteiger partial charge in [-0.2, -0.15) is 0 Å². The van der Waals surface area contributed by atoms with E-state index in [1.54, 1.807) is 18.2 Å². The van der Waals surface area contributed by atoms with Crippen molar-refractivity contribution in [3.8, 4) is 0 Å². The molecule has 1 heterocycles. The van der Waals surface area contributed by atoms with Crippen molar-refractivity contribution in [1.82, 2.24) is 0 Å². The average Bonchev–Trinajstić information content (AvgIpc) is 2.99. The number of amides is 3. The maximum absolute atomic E-state index is 14.2. The molecule has 0 atom stereocenters. The monoisotopic (exact) mass is 463 g/mol. The first kappa shape index (κ1) is 22.2. The number of nitrogens with zero attached hydrogens (tertiary/aromatic N) is 1. The molecule has 2 N–H and O–H groups in total. The maximum Gasteiger partial charge on any atom is 0.283 e. The van der Waals surface area contributed by atoms with Crippen molar-refractivity contribution in [3.05, 3.63) is 100.0 Å². The first-order valence-corrected chi connectivity index (χ1v) is 10.4. The lowest BCUT2D eigenvalue weighted by atomic mass is 10.1. The molecular weight excluding hydrogens is 445 g/mol. The zero-order valence-electron chi connectivity index (χ0n) is 17.8. The molecule has 3 amide bonds. The van der Waals surface area contributed by atoms with Gasteiger partial charge in [0.25, 0.3) is 17.7 Å². The van der Waals surface area contributed by atoms with Crippen LogP contribution in [0.15, 0.2) is 77.5 Å². The van der Waals surface area contributed by atoms with E-state index >= 15 is 0 Å². The van der Waals surface area contributed by atoms with Crippen molar-refractivity contribution < 1.29 is 18.8 Å². The number of anilines is 3. The molecule has 3 aromatic rings. The molecule has 0 aliphatic carbocycles. The van der Waals surface area contributed by atoms with E-state index in [0.29, 0.717) is 21.8 Å². The lowest BCUT2D eigenvalue weighted by Gasteiger charge is -2.16. The van der Waals surface area contributed by atoms with E-state index in [4.69, 9.17) is 11.6 Å². The number of benzene rings is 3. The van der Waals surface area contributed by atoms with Crippen LogP contribution in [0.4, 0.5) is 21.5 Å². The van der Waals surface area contributed by atoms with Crippen LogP contribution in [0.5, 0.6) is 0 Å². The number of hydrogen-bond acceptors (Lipinski definition) is 4. The topological polar surface area (TPSA) is 78.5 Å². The van der Waals surface area contributed by atoms with E-state index in [9.17, 15) is 18.8 Å². The van der Waals surface area contributed by atoms with Crippen molar-refractivity contribution >= 4 is 46.4 Å². The number of aryl methyl sites for hydroxylation is 2. The number of hydrogen-bond donors (Lipinski definition) is 2. The molecule has 33 heavy (non-hydrogen) atoms. The zero-order valence-corrected chi connectivity index (χ0v) is 18.5. The third-order valence-electron chi connectivity index (χ3n) is 5.14. The Bertz CT molecular complexity index is 1340. The Labute approximate surface area is 194 Å². The fraction of sp³-hybridized carbons (Fsp3) is 0.0800. The largest absolute Gasteiger partial charge is 0.350 e. The summed E-state index contributed by atoms with van der Waals surface area (Å²) in [6.07, 6.45) is 0. The number of halogens is 2. The Morgan fingerprint density at radius 1 is 0.939 bits per heavy atom. The molecule has 0 saturated carbocycles. The summed E-state index contributed by atoms with van der Waals surface area (Å²) in [6.45, 7) is 3.87. The van der Waals surface area contributed by atoms with Crippen LogP contribution in [0.3, 0.4) is 0 Å². The van der Waals surface area contributed by atoms with E-state index in [2.05, 4.69) is 10.6 Å². The number of carbonyl (C=O) groups excluding carboxylic acids is 3. The highest BCUT2D eigenvalue weighted by molar-refractivity contribution is 6.53. The quantitative estimate of drug-likeness (QED) is 0.514. The van der Waals surface area contributed by atoms with Gasteiger partial charge >= 0.3 is 0 Å². The molecule has 0 fully saturated rings. The summed E-state index contributed by atoms with van der Waals surface area (Å²) in [7, 11) is 0. The summed E-state index contributed by atoms with van der Waals surface area (Å²) in [5.74, 6) is -2.69. The Hall–Kier alpha value is -3.97. The van der Waals surface area contributed by atoms with Gasteiger partial charge in [0.2, 0.25) is 0 Å². The van der Waals surface area contributed by atoms with Gasteiger partial charge in [0, 0.05) is 16.9 Å². The predicted molar refractivity (Wildman–Crippen MR) is 126 cm³/mol. The third-order valence-corrected chi connectivity index (χ3v) is 5.50. The Morgan fingerprint density at radius 2 is 1.70 bits per heavy atom. The molecule has 0 saturated heterocycles. The molecule has 1 aliphatic heterocycles. The SMILES string of the molecule is Cc1ccc(NC(=O)c2cccc(NC3=C(Cl)C(=O)N(c4ccccc4F)C3=O)c2)c(C)c1. The molecule has 0 aromatic heterocycles. The Balaban J connectivity index is 1.56. The van der Waals surface area contributed by atoms with Gasteiger partial charge in [-0.3, -0.25) is 14.4 Å². The van der Waals surface area contributed by atoms with Gasteiger partial charge in [0.15, 0.2) is 0 Å². The van der Waals surface area contributed by atoms with Crippen molar-refractivity contribution in [1.29, 1.82) is 0 Å². The maximum atomic E-state index is 14.2. The lowest BCUT2D eigenvalue weighted by molar-refractivity contribution is -0.120. The summed E-state index contributed by atoms with van der Waals surface area (Å²) >= 11 is 6.11. The van der Waals surface area contributed by atoms with Crippen molar-refractivity contribution in [3.63, 3.8) is 0 Å². The van der Waals surface area contributed by atoms with Gasteiger partial charge in [-0.25, -0.2) is 9.29 Å². The van der Waals surface area contributed by atoms with E-state index in [0.717, 1.165) is 17.2 Å². The van der Waals surface area contributed by atoms with Crippen LogP contribution >= 0.6 is 11.6 Å². The standard InChI is InChI=1S/C25H19ClFN3O3/c1-14-10-11-19(15(2)12-14)29-23(31)16-6-5-7-17(13-16)28-22-21(26)24(32)30(25(22)33)20-9-4-3-8-18(20)27/h3-13,28H,1-2H3,(H,29,31). The van der Waals surface area contributed by atoms with Gasteiger partial charge < -0.3 is 10.6 Å². The second-order valence-corrected chi connectivity index (χ2v) is 7.94. The van der Waals surface area contributed by atoms with E-state index in [1.807, 2.05) is 32.0 Å². The van der Waals surface area contributed by atoms with Gasteiger partial charge in [0.1, 0.15) is 16.5 Å².